The molecule has 1 aliphatic heterocycles. The number of ether oxygens (including phenoxy) is 1. The van der Waals surface area contributed by atoms with Crippen molar-refractivity contribution in [3.05, 3.63) is 23.3 Å². The Bertz CT molecular complexity index is 425. The van der Waals surface area contributed by atoms with Crippen molar-refractivity contribution in [1.82, 2.24) is 9.97 Å². The van der Waals surface area contributed by atoms with Crippen molar-refractivity contribution in [2.75, 3.05) is 6.61 Å². The van der Waals surface area contributed by atoms with Gasteiger partial charge in [0.2, 0.25) is 0 Å². The summed E-state index contributed by atoms with van der Waals surface area (Å²) in [4.78, 5) is 19.2. The molecule has 0 aliphatic carbocycles. The summed E-state index contributed by atoms with van der Waals surface area (Å²) in [5, 5.41) is 8.93. The van der Waals surface area contributed by atoms with E-state index >= 15 is 0 Å². The minimum atomic E-state index is -1.03. The Morgan fingerprint density at radius 2 is 2.31 bits per heavy atom. The van der Waals surface area contributed by atoms with Gasteiger partial charge < -0.3 is 9.84 Å². The van der Waals surface area contributed by atoms with Gasteiger partial charge in [-0.05, 0) is 32.8 Å². The van der Waals surface area contributed by atoms with E-state index in [-0.39, 0.29) is 5.69 Å². The smallest absolute Gasteiger partial charge is 0.354 e. The van der Waals surface area contributed by atoms with Crippen LogP contribution >= 0.6 is 0 Å². The molecular weight excluding hydrogens is 208 g/mol. The fourth-order valence-electron chi connectivity index (χ4n) is 1.87. The quantitative estimate of drug-likeness (QED) is 0.821. The molecule has 1 aromatic rings. The fourth-order valence-corrected chi connectivity index (χ4v) is 1.87. The third kappa shape index (κ3) is 1.90. The predicted octanol–water partition coefficient (Wildman–Crippen LogP) is 1.51. The van der Waals surface area contributed by atoms with E-state index in [2.05, 4.69) is 9.97 Å². The topological polar surface area (TPSA) is 72.3 Å². The molecule has 0 aromatic carbocycles. The van der Waals surface area contributed by atoms with E-state index in [0.717, 1.165) is 12.8 Å². The maximum atomic E-state index is 10.9. The van der Waals surface area contributed by atoms with Crippen LogP contribution in [0.5, 0.6) is 0 Å². The molecule has 1 saturated heterocycles. The fraction of sp³-hybridized carbons (Fsp3) is 0.545. The molecule has 1 N–H and O–H groups in total. The van der Waals surface area contributed by atoms with Gasteiger partial charge in [0.25, 0.3) is 0 Å². The highest BCUT2D eigenvalue weighted by atomic mass is 16.5. The number of hydrogen-bond donors (Lipinski definition) is 1. The Hall–Kier alpha value is -1.49. The number of carboxylic acid groups (broad SMARTS) is 1. The number of carboxylic acids is 1. The van der Waals surface area contributed by atoms with Crippen LogP contribution in [-0.2, 0) is 10.3 Å². The molecule has 1 fully saturated rings. The third-order valence-electron chi connectivity index (χ3n) is 2.77. The molecule has 2 rings (SSSR count). The summed E-state index contributed by atoms with van der Waals surface area (Å²) in [6.45, 7) is 4.34. The van der Waals surface area contributed by atoms with Gasteiger partial charge in [0.15, 0.2) is 11.5 Å². The van der Waals surface area contributed by atoms with E-state index < -0.39 is 11.6 Å². The second-order valence-electron chi connectivity index (χ2n) is 4.21. The summed E-state index contributed by atoms with van der Waals surface area (Å²) in [5.74, 6) is -0.559. The Kier molecular flexibility index (Phi) is 2.63. The van der Waals surface area contributed by atoms with E-state index in [1.807, 2.05) is 6.92 Å². The maximum absolute atomic E-state index is 10.9. The van der Waals surface area contributed by atoms with Crippen LogP contribution in [0.25, 0.3) is 0 Å². The summed E-state index contributed by atoms with van der Waals surface area (Å²) in [6, 6.07) is 1.46. The molecule has 0 saturated carbocycles. The molecule has 0 bridgehead atoms. The standard InChI is InChI=1S/C11H14N2O3/c1-7-6-8(9(14)15)13-10(12-7)11(2)4-3-5-16-11/h6H,3-5H2,1-2H3,(H,14,15). The van der Waals surface area contributed by atoms with Crippen LogP contribution in [-0.4, -0.2) is 27.7 Å². The van der Waals surface area contributed by atoms with Crippen molar-refractivity contribution in [3.8, 4) is 0 Å². The van der Waals surface area contributed by atoms with Crippen molar-refractivity contribution in [2.24, 2.45) is 0 Å². The van der Waals surface area contributed by atoms with Crippen LogP contribution in [0.4, 0.5) is 0 Å². The van der Waals surface area contributed by atoms with Crippen LogP contribution in [0.15, 0.2) is 6.07 Å². The number of rotatable bonds is 2. The van der Waals surface area contributed by atoms with Crippen molar-refractivity contribution >= 4 is 5.97 Å². The van der Waals surface area contributed by atoms with Gasteiger partial charge in [0, 0.05) is 12.3 Å². The first-order chi connectivity index (χ1) is 7.51. The van der Waals surface area contributed by atoms with Gasteiger partial charge in [-0.1, -0.05) is 0 Å². The van der Waals surface area contributed by atoms with E-state index in [0.29, 0.717) is 18.1 Å². The highest BCUT2D eigenvalue weighted by Gasteiger charge is 2.35. The van der Waals surface area contributed by atoms with Crippen LogP contribution in [0.1, 0.15) is 41.8 Å². The highest BCUT2D eigenvalue weighted by Crippen LogP contribution is 2.33. The first-order valence-electron chi connectivity index (χ1n) is 5.25. The number of hydrogen-bond acceptors (Lipinski definition) is 4. The molecule has 16 heavy (non-hydrogen) atoms. The van der Waals surface area contributed by atoms with Gasteiger partial charge in [-0.15, -0.1) is 0 Å². The number of nitrogens with zero attached hydrogens (tertiary/aromatic N) is 2. The lowest BCUT2D eigenvalue weighted by molar-refractivity contribution is 0.00895. The van der Waals surface area contributed by atoms with Gasteiger partial charge in [-0.3, -0.25) is 0 Å². The van der Waals surface area contributed by atoms with Crippen LogP contribution in [0, 0.1) is 6.92 Å². The molecule has 5 nitrogen and oxygen atoms in total. The largest absolute Gasteiger partial charge is 0.477 e. The zero-order chi connectivity index (χ0) is 11.8. The molecule has 1 unspecified atom stereocenters. The molecular formula is C11H14N2O3. The first kappa shape index (κ1) is 11.0. The maximum Gasteiger partial charge on any atom is 0.354 e. The Labute approximate surface area is 93.5 Å². The summed E-state index contributed by atoms with van der Waals surface area (Å²) in [5.41, 5.74) is 0.148. The zero-order valence-corrected chi connectivity index (χ0v) is 9.36. The lowest BCUT2D eigenvalue weighted by Crippen LogP contribution is -2.25. The number of carbonyl (C=O) groups is 1. The molecule has 86 valence electrons. The lowest BCUT2D eigenvalue weighted by atomic mass is 10.0. The Morgan fingerprint density at radius 1 is 1.56 bits per heavy atom. The van der Waals surface area contributed by atoms with Crippen molar-refractivity contribution < 1.29 is 14.6 Å². The number of aromatic carboxylic acids is 1. The summed E-state index contributed by atoms with van der Waals surface area (Å²) < 4.78 is 5.60. The lowest BCUT2D eigenvalue weighted by Gasteiger charge is -2.21. The second-order valence-corrected chi connectivity index (χ2v) is 4.21. The minimum absolute atomic E-state index is 0.0271. The normalized spacial score (nSPS) is 24.6. The van der Waals surface area contributed by atoms with Crippen molar-refractivity contribution in [1.29, 1.82) is 0 Å². The molecule has 5 heteroatoms. The second kappa shape index (κ2) is 3.83. The van der Waals surface area contributed by atoms with Gasteiger partial charge in [-0.2, -0.15) is 0 Å². The summed E-state index contributed by atoms with van der Waals surface area (Å²) in [6.07, 6.45) is 1.78. The summed E-state index contributed by atoms with van der Waals surface area (Å²) in [7, 11) is 0. The molecule has 1 aromatic heterocycles. The zero-order valence-electron chi connectivity index (χ0n) is 9.36. The molecule has 0 radical (unpaired) electrons. The molecule has 1 atom stereocenters. The van der Waals surface area contributed by atoms with Crippen molar-refractivity contribution in [2.45, 2.75) is 32.3 Å². The SMILES string of the molecule is Cc1cc(C(=O)O)nc(C2(C)CCCO2)n1. The molecule has 0 amide bonds. The average molecular weight is 222 g/mol. The van der Waals surface area contributed by atoms with Crippen molar-refractivity contribution in [3.63, 3.8) is 0 Å². The molecule has 0 spiro atoms. The van der Waals surface area contributed by atoms with E-state index in [4.69, 9.17) is 9.84 Å². The predicted molar refractivity (Wildman–Crippen MR) is 56.3 cm³/mol. The van der Waals surface area contributed by atoms with Gasteiger partial charge in [0.1, 0.15) is 5.60 Å². The Morgan fingerprint density at radius 3 is 2.88 bits per heavy atom. The van der Waals surface area contributed by atoms with Crippen LogP contribution in [0.2, 0.25) is 0 Å². The Balaban J connectivity index is 2.44. The molecule has 2 heterocycles. The van der Waals surface area contributed by atoms with Gasteiger partial charge in [-0.25, -0.2) is 14.8 Å². The summed E-state index contributed by atoms with van der Waals surface area (Å²) >= 11 is 0. The third-order valence-corrected chi connectivity index (χ3v) is 2.77. The van der Waals surface area contributed by atoms with Gasteiger partial charge in [0.05, 0.1) is 0 Å². The van der Waals surface area contributed by atoms with Crippen LogP contribution < -0.4 is 0 Å². The minimum Gasteiger partial charge on any atom is -0.477 e. The van der Waals surface area contributed by atoms with Gasteiger partial charge >= 0.3 is 5.97 Å². The number of aromatic nitrogens is 2. The average Bonchev–Trinajstić information content (AvgIpc) is 2.65. The monoisotopic (exact) mass is 222 g/mol. The first-order valence-corrected chi connectivity index (χ1v) is 5.25. The highest BCUT2D eigenvalue weighted by molar-refractivity contribution is 5.85. The van der Waals surface area contributed by atoms with E-state index in [1.54, 1.807) is 6.92 Å². The number of aryl methyl sites for hydroxylation is 1. The van der Waals surface area contributed by atoms with E-state index in [1.165, 1.54) is 6.07 Å². The van der Waals surface area contributed by atoms with E-state index in [9.17, 15) is 4.79 Å². The van der Waals surface area contributed by atoms with Crippen LogP contribution in [0.3, 0.4) is 0 Å². The molecule has 1 aliphatic rings.